The topological polar surface area (TPSA) is 83.6 Å². The van der Waals surface area contributed by atoms with Gasteiger partial charge in [-0.3, -0.25) is 0 Å². The van der Waals surface area contributed by atoms with Gasteiger partial charge in [0.1, 0.15) is 5.82 Å². The number of sulfonamides is 1. The normalized spacial score (nSPS) is 21.6. The Morgan fingerprint density at radius 3 is 2.75 bits per heavy atom. The molecule has 0 aliphatic carbocycles. The molecule has 1 unspecified atom stereocenters. The fraction of sp³-hybridized carbons (Fsp3) is 0.538. The molecular weight excluding hydrogens is 283 g/mol. The smallest absolute Gasteiger partial charge is 0.243 e. The summed E-state index contributed by atoms with van der Waals surface area (Å²) in [5.41, 5.74) is 5.24. The summed E-state index contributed by atoms with van der Waals surface area (Å²) >= 11 is 0. The third kappa shape index (κ3) is 2.94. The number of nitrogens with two attached hydrogens (primary N) is 1. The summed E-state index contributed by atoms with van der Waals surface area (Å²) in [7, 11) is -3.76. The molecule has 1 aliphatic rings. The zero-order valence-electron chi connectivity index (χ0n) is 11.1. The van der Waals surface area contributed by atoms with Crippen LogP contribution in [0.4, 0.5) is 10.1 Å². The van der Waals surface area contributed by atoms with E-state index < -0.39 is 21.9 Å². The average Bonchev–Trinajstić information content (AvgIpc) is 2.67. The van der Waals surface area contributed by atoms with Gasteiger partial charge in [-0.25, -0.2) is 12.8 Å². The molecule has 5 nitrogen and oxygen atoms in total. The predicted molar refractivity (Wildman–Crippen MR) is 74.0 cm³/mol. The van der Waals surface area contributed by atoms with Crippen LogP contribution >= 0.6 is 0 Å². The van der Waals surface area contributed by atoms with Gasteiger partial charge in [0.15, 0.2) is 0 Å². The van der Waals surface area contributed by atoms with Crippen molar-refractivity contribution in [3.63, 3.8) is 0 Å². The van der Waals surface area contributed by atoms with E-state index >= 15 is 0 Å². The van der Waals surface area contributed by atoms with Crippen LogP contribution in [0.3, 0.4) is 0 Å². The minimum atomic E-state index is -3.76. The lowest BCUT2D eigenvalue weighted by Gasteiger charge is -2.27. The highest BCUT2D eigenvalue weighted by molar-refractivity contribution is 7.89. The molecule has 1 aromatic rings. The Morgan fingerprint density at radius 2 is 2.10 bits per heavy atom. The van der Waals surface area contributed by atoms with Gasteiger partial charge in [-0.2, -0.15) is 4.31 Å². The van der Waals surface area contributed by atoms with E-state index in [0.717, 1.165) is 31.4 Å². The Kier molecular flexibility index (Phi) is 4.62. The van der Waals surface area contributed by atoms with Crippen LogP contribution in [0.5, 0.6) is 0 Å². The second-order valence-electron chi connectivity index (χ2n) is 4.98. The van der Waals surface area contributed by atoms with Crippen LogP contribution in [0.25, 0.3) is 0 Å². The first kappa shape index (κ1) is 15.2. The summed E-state index contributed by atoms with van der Waals surface area (Å²) in [6.07, 6.45) is 3.22. The molecule has 2 rings (SSSR count). The van der Waals surface area contributed by atoms with E-state index in [1.807, 2.05) is 0 Å². The van der Waals surface area contributed by atoms with Crippen molar-refractivity contribution in [1.82, 2.24) is 4.31 Å². The fourth-order valence-electron chi connectivity index (χ4n) is 2.47. The van der Waals surface area contributed by atoms with Crippen molar-refractivity contribution < 1.29 is 17.9 Å². The molecule has 3 N–H and O–H groups in total. The van der Waals surface area contributed by atoms with E-state index in [1.54, 1.807) is 0 Å². The molecule has 1 saturated heterocycles. The highest BCUT2D eigenvalue weighted by atomic mass is 32.2. The maximum Gasteiger partial charge on any atom is 0.243 e. The molecular formula is C13H19FN2O3S. The quantitative estimate of drug-likeness (QED) is 0.825. The molecule has 0 spiro atoms. The summed E-state index contributed by atoms with van der Waals surface area (Å²) in [4.78, 5) is -0.0308. The molecule has 0 bridgehead atoms. The summed E-state index contributed by atoms with van der Waals surface area (Å²) in [5.74, 6) is -0.640. The molecule has 0 aromatic heterocycles. The Bertz CT molecular complexity index is 577. The van der Waals surface area contributed by atoms with Gasteiger partial charge in [-0.05, 0) is 31.0 Å². The van der Waals surface area contributed by atoms with Crippen LogP contribution in [0, 0.1) is 5.82 Å². The number of aliphatic hydroxyl groups excluding tert-OH is 1. The van der Waals surface area contributed by atoms with Gasteiger partial charge in [0.25, 0.3) is 0 Å². The molecule has 1 atom stereocenters. The predicted octanol–water partition coefficient (Wildman–Crippen LogP) is 1.33. The minimum Gasteiger partial charge on any atom is -0.396 e. The lowest BCUT2D eigenvalue weighted by molar-refractivity contribution is 0.186. The molecule has 0 radical (unpaired) electrons. The number of hydrogen-bond donors (Lipinski definition) is 2. The fourth-order valence-corrected chi connectivity index (χ4v) is 4.19. The van der Waals surface area contributed by atoms with Gasteiger partial charge >= 0.3 is 0 Å². The van der Waals surface area contributed by atoms with Crippen LogP contribution in [0.15, 0.2) is 23.1 Å². The van der Waals surface area contributed by atoms with Gasteiger partial charge in [-0.1, -0.05) is 12.8 Å². The van der Waals surface area contributed by atoms with Crippen LogP contribution < -0.4 is 5.73 Å². The molecule has 1 aliphatic heterocycles. The number of benzene rings is 1. The standard InChI is InChI=1S/C13H19FN2O3S/c14-12-6-5-11(8-13(12)15)20(18,19)16-7-3-1-2-4-10(16)9-17/h5-6,8,10,17H,1-4,7,9,15H2. The number of hydrogen-bond acceptors (Lipinski definition) is 4. The van der Waals surface area contributed by atoms with Gasteiger partial charge < -0.3 is 10.8 Å². The zero-order valence-corrected chi connectivity index (χ0v) is 11.9. The van der Waals surface area contributed by atoms with E-state index in [-0.39, 0.29) is 17.2 Å². The van der Waals surface area contributed by atoms with E-state index in [0.29, 0.717) is 13.0 Å². The Labute approximate surface area is 118 Å². The highest BCUT2D eigenvalue weighted by Crippen LogP contribution is 2.26. The van der Waals surface area contributed by atoms with Crippen molar-refractivity contribution in [3.8, 4) is 0 Å². The molecule has 20 heavy (non-hydrogen) atoms. The third-order valence-corrected chi connectivity index (χ3v) is 5.56. The Hall–Kier alpha value is -1.18. The van der Waals surface area contributed by atoms with E-state index in [1.165, 1.54) is 10.4 Å². The van der Waals surface area contributed by atoms with Crippen LogP contribution in [-0.4, -0.2) is 37.0 Å². The number of rotatable bonds is 3. The lowest BCUT2D eigenvalue weighted by Crippen LogP contribution is -2.42. The zero-order chi connectivity index (χ0) is 14.8. The largest absolute Gasteiger partial charge is 0.396 e. The van der Waals surface area contributed by atoms with E-state index in [4.69, 9.17) is 5.73 Å². The number of nitrogens with zero attached hydrogens (tertiary/aromatic N) is 1. The third-order valence-electron chi connectivity index (χ3n) is 3.61. The monoisotopic (exact) mass is 302 g/mol. The van der Waals surface area contributed by atoms with Gasteiger partial charge in [0.2, 0.25) is 10.0 Å². The summed E-state index contributed by atoms with van der Waals surface area (Å²) < 4.78 is 39.7. The highest BCUT2D eigenvalue weighted by Gasteiger charge is 2.32. The first-order valence-corrected chi connectivity index (χ1v) is 8.08. The van der Waals surface area contributed by atoms with Crippen molar-refractivity contribution >= 4 is 15.7 Å². The molecule has 0 amide bonds. The number of anilines is 1. The maximum atomic E-state index is 13.2. The van der Waals surface area contributed by atoms with Gasteiger partial charge in [0, 0.05) is 12.6 Å². The van der Waals surface area contributed by atoms with Crippen LogP contribution in [-0.2, 0) is 10.0 Å². The minimum absolute atomic E-state index is 0.0308. The summed E-state index contributed by atoms with van der Waals surface area (Å²) in [5, 5.41) is 9.40. The summed E-state index contributed by atoms with van der Waals surface area (Å²) in [6.45, 7) is 0.154. The number of halogens is 1. The Morgan fingerprint density at radius 1 is 1.35 bits per heavy atom. The van der Waals surface area contributed by atoms with Crippen molar-refractivity contribution in [2.75, 3.05) is 18.9 Å². The first-order valence-electron chi connectivity index (χ1n) is 6.64. The second kappa shape index (κ2) is 6.07. The second-order valence-corrected chi connectivity index (χ2v) is 6.88. The number of nitrogen functional groups attached to an aromatic ring is 1. The van der Waals surface area contributed by atoms with E-state index in [2.05, 4.69) is 0 Å². The summed E-state index contributed by atoms with van der Waals surface area (Å²) in [6, 6.07) is 2.96. The molecule has 0 saturated carbocycles. The first-order chi connectivity index (χ1) is 9.46. The SMILES string of the molecule is Nc1cc(S(=O)(=O)N2CCCCCC2CO)ccc1F. The van der Waals surface area contributed by atoms with Gasteiger partial charge in [-0.15, -0.1) is 0 Å². The Balaban J connectivity index is 2.38. The van der Waals surface area contributed by atoms with Crippen LogP contribution in [0.1, 0.15) is 25.7 Å². The molecule has 1 heterocycles. The maximum absolute atomic E-state index is 13.2. The lowest BCUT2D eigenvalue weighted by atomic mass is 10.1. The van der Waals surface area contributed by atoms with Crippen molar-refractivity contribution in [1.29, 1.82) is 0 Å². The van der Waals surface area contributed by atoms with Crippen molar-refractivity contribution in [3.05, 3.63) is 24.0 Å². The molecule has 7 heteroatoms. The van der Waals surface area contributed by atoms with Crippen molar-refractivity contribution in [2.45, 2.75) is 36.6 Å². The number of aliphatic hydroxyl groups is 1. The van der Waals surface area contributed by atoms with Crippen LogP contribution in [0.2, 0.25) is 0 Å². The molecule has 1 aromatic carbocycles. The molecule has 112 valence electrons. The molecule has 1 fully saturated rings. The van der Waals surface area contributed by atoms with E-state index in [9.17, 15) is 17.9 Å². The van der Waals surface area contributed by atoms with Gasteiger partial charge in [0.05, 0.1) is 17.2 Å². The van der Waals surface area contributed by atoms with Crippen molar-refractivity contribution in [2.24, 2.45) is 0 Å². The average molecular weight is 302 g/mol.